The van der Waals surface area contributed by atoms with Gasteiger partial charge in [0, 0.05) is 42.8 Å². The molecule has 1 atom stereocenters. The molecule has 0 unspecified atom stereocenters. The molecule has 158 valence electrons. The average molecular weight is 422 g/mol. The lowest BCUT2D eigenvalue weighted by atomic mass is 10.1. The maximum Gasteiger partial charge on any atom is 0.163 e. The predicted octanol–water partition coefficient (Wildman–Crippen LogP) is 4.64. The van der Waals surface area contributed by atoms with Gasteiger partial charge in [0.05, 0.1) is 12.6 Å². The minimum atomic E-state index is -0.245. The van der Waals surface area contributed by atoms with Crippen molar-refractivity contribution in [2.24, 2.45) is 7.05 Å². The Bertz CT molecular complexity index is 1370. The molecule has 0 aliphatic carbocycles. The normalized spacial score (nSPS) is 11.9. The van der Waals surface area contributed by atoms with Crippen LogP contribution in [0.4, 0.5) is 5.82 Å². The lowest BCUT2D eigenvalue weighted by Gasteiger charge is -2.21. The van der Waals surface area contributed by atoms with E-state index in [9.17, 15) is 0 Å². The molecule has 0 aliphatic heterocycles. The number of benzene rings is 2. The maximum absolute atomic E-state index is 5.46. The number of nitrogens with zero attached hydrogens (tertiary/aromatic N) is 5. The van der Waals surface area contributed by atoms with Gasteiger partial charge in [-0.05, 0) is 42.0 Å². The number of imidazole rings is 1. The highest BCUT2D eigenvalue weighted by molar-refractivity contribution is 5.90. The van der Waals surface area contributed by atoms with Gasteiger partial charge >= 0.3 is 0 Å². The number of aromatic nitrogens is 5. The van der Waals surface area contributed by atoms with Crippen LogP contribution in [0.3, 0.4) is 0 Å². The van der Waals surface area contributed by atoms with Gasteiger partial charge in [0.15, 0.2) is 5.82 Å². The zero-order valence-corrected chi connectivity index (χ0v) is 17.8. The van der Waals surface area contributed by atoms with E-state index in [2.05, 4.69) is 21.4 Å². The number of pyridine rings is 1. The molecule has 0 saturated carbocycles. The highest BCUT2D eigenvalue weighted by Gasteiger charge is 2.21. The van der Waals surface area contributed by atoms with Gasteiger partial charge in [-0.25, -0.2) is 15.0 Å². The summed E-state index contributed by atoms with van der Waals surface area (Å²) in [6.45, 7) is 0. The van der Waals surface area contributed by atoms with Crippen LogP contribution in [0, 0.1) is 0 Å². The Labute approximate surface area is 185 Å². The highest BCUT2D eigenvalue weighted by atomic mass is 16.5. The fourth-order valence-corrected chi connectivity index (χ4v) is 3.72. The third kappa shape index (κ3) is 3.76. The minimum Gasteiger partial charge on any atom is -0.497 e. The molecule has 2 aromatic carbocycles. The second kappa shape index (κ2) is 8.47. The van der Waals surface area contributed by atoms with E-state index < -0.39 is 0 Å². The molecule has 3 aromatic heterocycles. The number of aryl methyl sites for hydroxylation is 1. The van der Waals surface area contributed by atoms with Crippen molar-refractivity contribution in [2.75, 3.05) is 12.4 Å². The molecule has 0 bridgehead atoms. The standard InChI is InChI=1S/C25H22N6O/c1-31-14-13-27-25(31)22(17-7-5-9-19(15-17)32-2)29-24-20-10-3-4-11-21(20)28-23(30-24)18-8-6-12-26-16-18/h3-16,22H,1-2H3,(H,28,29,30)/t22-/m1/s1. The first-order valence-electron chi connectivity index (χ1n) is 10.3. The molecule has 0 radical (unpaired) electrons. The zero-order chi connectivity index (χ0) is 21.9. The van der Waals surface area contributed by atoms with Crippen LogP contribution in [0.25, 0.3) is 22.3 Å². The molecule has 0 aliphatic rings. The van der Waals surface area contributed by atoms with Crippen LogP contribution in [0.5, 0.6) is 5.75 Å². The van der Waals surface area contributed by atoms with Crippen molar-refractivity contribution in [3.63, 3.8) is 0 Å². The first kappa shape index (κ1) is 19.7. The van der Waals surface area contributed by atoms with Gasteiger partial charge in [0.2, 0.25) is 0 Å². The number of hydrogen-bond acceptors (Lipinski definition) is 6. The van der Waals surface area contributed by atoms with Crippen molar-refractivity contribution in [1.82, 2.24) is 24.5 Å². The molecule has 32 heavy (non-hydrogen) atoms. The van der Waals surface area contributed by atoms with E-state index in [1.165, 1.54) is 0 Å². The van der Waals surface area contributed by atoms with Gasteiger partial charge in [-0.1, -0.05) is 24.3 Å². The number of nitrogens with one attached hydrogen (secondary N) is 1. The average Bonchev–Trinajstić information content (AvgIpc) is 3.28. The van der Waals surface area contributed by atoms with Crippen molar-refractivity contribution in [3.05, 3.63) is 96.8 Å². The van der Waals surface area contributed by atoms with Gasteiger partial charge in [-0.2, -0.15) is 0 Å². The van der Waals surface area contributed by atoms with Crippen LogP contribution < -0.4 is 10.1 Å². The summed E-state index contributed by atoms with van der Waals surface area (Å²) in [5, 5.41) is 4.57. The number of methoxy groups -OCH3 is 1. The van der Waals surface area contributed by atoms with E-state index in [0.717, 1.165) is 39.4 Å². The first-order chi connectivity index (χ1) is 15.7. The number of anilines is 1. The molecule has 7 heteroatoms. The molecular weight excluding hydrogens is 400 g/mol. The quantitative estimate of drug-likeness (QED) is 0.430. The molecule has 0 spiro atoms. The van der Waals surface area contributed by atoms with Crippen LogP contribution in [0.15, 0.2) is 85.5 Å². The van der Waals surface area contributed by atoms with Gasteiger partial charge in [0.1, 0.15) is 23.4 Å². The number of hydrogen-bond donors (Lipinski definition) is 1. The summed E-state index contributed by atoms with van der Waals surface area (Å²) in [7, 11) is 3.65. The van der Waals surface area contributed by atoms with Gasteiger partial charge < -0.3 is 14.6 Å². The van der Waals surface area contributed by atoms with E-state index in [1.54, 1.807) is 25.7 Å². The highest BCUT2D eigenvalue weighted by Crippen LogP contribution is 2.31. The molecule has 5 aromatic rings. The second-order valence-electron chi connectivity index (χ2n) is 7.40. The van der Waals surface area contributed by atoms with Crippen LogP contribution in [-0.2, 0) is 7.05 Å². The van der Waals surface area contributed by atoms with Crippen molar-refractivity contribution in [3.8, 4) is 17.1 Å². The Morgan fingerprint density at radius 2 is 1.88 bits per heavy atom. The second-order valence-corrected chi connectivity index (χ2v) is 7.40. The summed E-state index contributed by atoms with van der Waals surface area (Å²) >= 11 is 0. The van der Waals surface area contributed by atoms with E-state index in [4.69, 9.17) is 14.7 Å². The van der Waals surface area contributed by atoms with E-state index in [-0.39, 0.29) is 6.04 Å². The van der Waals surface area contributed by atoms with Crippen LogP contribution in [0.1, 0.15) is 17.4 Å². The van der Waals surface area contributed by atoms with E-state index in [1.807, 2.05) is 72.4 Å². The Morgan fingerprint density at radius 1 is 0.969 bits per heavy atom. The molecule has 1 N–H and O–H groups in total. The molecule has 0 amide bonds. The Morgan fingerprint density at radius 3 is 2.66 bits per heavy atom. The smallest absolute Gasteiger partial charge is 0.163 e. The predicted molar refractivity (Wildman–Crippen MR) is 124 cm³/mol. The Balaban J connectivity index is 1.66. The summed E-state index contributed by atoms with van der Waals surface area (Å²) in [4.78, 5) is 18.5. The SMILES string of the molecule is COc1cccc([C@@H](Nc2nc(-c3cccnc3)nc3ccccc23)c2nccn2C)c1. The van der Waals surface area contributed by atoms with Gasteiger partial charge in [-0.3, -0.25) is 4.98 Å². The fourth-order valence-electron chi connectivity index (χ4n) is 3.72. The van der Waals surface area contributed by atoms with Crippen LogP contribution >= 0.6 is 0 Å². The lowest BCUT2D eigenvalue weighted by Crippen LogP contribution is -2.18. The summed E-state index contributed by atoms with van der Waals surface area (Å²) in [6, 6.07) is 19.5. The minimum absolute atomic E-state index is 0.245. The zero-order valence-electron chi connectivity index (χ0n) is 17.8. The number of ether oxygens (including phenoxy) is 1. The molecule has 0 saturated heterocycles. The van der Waals surface area contributed by atoms with E-state index in [0.29, 0.717) is 5.82 Å². The first-order valence-corrected chi connectivity index (χ1v) is 10.3. The van der Waals surface area contributed by atoms with Crippen molar-refractivity contribution >= 4 is 16.7 Å². The number of para-hydroxylation sites is 1. The third-order valence-corrected chi connectivity index (χ3v) is 5.35. The van der Waals surface area contributed by atoms with Gasteiger partial charge in [0.25, 0.3) is 0 Å². The Kier molecular flexibility index (Phi) is 5.21. The third-order valence-electron chi connectivity index (χ3n) is 5.35. The largest absolute Gasteiger partial charge is 0.497 e. The summed E-state index contributed by atoms with van der Waals surface area (Å²) < 4.78 is 7.46. The van der Waals surface area contributed by atoms with Crippen molar-refractivity contribution < 1.29 is 4.74 Å². The van der Waals surface area contributed by atoms with E-state index >= 15 is 0 Å². The molecule has 3 heterocycles. The Hall–Kier alpha value is -4.26. The van der Waals surface area contributed by atoms with Crippen molar-refractivity contribution in [1.29, 1.82) is 0 Å². The molecular formula is C25H22N6O. The molecule has 5 rings (SSSR count). The molecule has 7 nitrogen and oxygen atoms in total. The lowest BCUT2D eigenvalue weighted by molar-refractivity contribution is 0.414. The van der Waals surface area contributed by atoms with Crippen LogP contribution in [0.2, 0.25) is 0 Å². The summed E-state index contributed by atoms with van der Waals surface area (Å²) in [5.74, 6) is 2.99. The fraction of sp³-hybridized carbons (Fsp3) is 0.120. The van der Waals surface area contributed by atoms with Gasteiger partial charge in [-0.15, -0.1) is 0 Å². The summed E-state index contributed by atoms with van der Waals surface area (Å²) in [6.07, 6.45) is 7.24. The topological polar surface area (TPSA) is 77.8 Å². The summed E-state index contributed by atoms with van der Waals surface area (Å²) in [5.41, 5.74) is 2.73. The van der Waals surface area contributed by atoms with Crippen LogP contribution in [-0.4, -0.2) is 31.6 Å². The monoisotopic (exact) mass is 422 g/mol. The number of rotatable bonds is 6. The maximum atomic E-state index is 5.46. The number of fused-ring (bicyclic) bond motifs is 1. The van der Waals surface area contributed by atoms with Crippen molar-refractivity contribution in [2.45, 2.75) is 6.04 Å². The molecule has 0 fully saturated rings.